The Hall–Kier alpha value is -2.24. The van der Waals surface area contributed by atoms with Crippen molar-refractivity contribution < 1.29 is 14.8 Å². The lowest BCUT2D eigenvalue weighted by atomic mass is 9.84. The molecule has 1 heterocycles. The number of anilines is 2. The normalized spacial score (nSPS) is 13.4. The standard InChI is InChI=1S/C14H12BNO3/c17-15(18)14-10-19-13-9-5-4-8-12(13)16(14)11-6-2-1-3-7-11/h1-10,17-18H. The maximum Gasteiger partial charge on any atom is 0.509 e. The topological polar surface area (TPSA) is 52.9 Å². The Kier molecular flexibility index (Phi) is 2.99. The van der Waals surface area contributed by atoms with E-state index in [9.17, 15) is 10.0 Å². The maximum atomic E-state index is 9.50. The van der Waals surface area contributed by atoms with E-state index in [1.165, 1.54) is 6.26 Å². The minimum absolute atomic E-state index is 0.282. The molecule has 19 heavy (non-hydrogen) atoms. The van der Waals surface area contributed by atoms with Crippen LogP contribution in [0.1, 0.15) is 0 Å². The fourth-order valence-corrected chi connectivity index (χ4v) is 2.10. The summed E-state index contributed by atoms with van der Waals surface area (Å²) in [4.78, 5) is 1.77. The van der Waals surface area contributed by atoms with Gasteiger partial charge in [0.1, 0.15) is 6.26 Å². The highest BCUT2D eigenvalue weighted by molar-refractivity contribution is 6.52. The maximum absolute atomic E-state index is 9.50. The van der Waals surface area contributed by atoms with Gasteiger partial charge < -0.3 is 19.7 Å². The highest BCUT2D eigenvalue weighted by Crippen LogP contribution is 2.39. The van der Waals surface area contributed by atoms with Gasteiger partial charge in [-0.05, 0) is 24.3 Å². The van der Waals surface area contributed by atoms with Crippen LogP contribution in [-0.4, -0.2) is 17.2 Å². The molecular weight excluding hydrogens is 241 g/mol. The van der Waals surface area contributed by atoms with E-state index in [1.807, 2.05) is 54.6 Å². The third-order valence-electron chi connectivity index (χ3n) is 2.95. The number of hydrogen-bond donors (Lipinski definition) is 2. The Balaban J connectivity index is 2.15. The van der Waals surface area contributed by atoms with Crippen molar-refractivity contribution in [3.05, 3.63) is 66.5 Å². The number of benzene rings is 2. The van der Waals surface area contributed by atoms with Crippen LogP contribution in [0.2, 0.25) is 0 Å². The second kappa shape index (κ2) is 4.80. The Morgan fingerprint density at radius 2 is 1.58 bits per heavy atom. The van der Waals surface area contributed by atoms with Crippen LogP contribution in [0.4, 0.5) is 11.4 Å². The molecule has 3 rings (SSSR count). The van der Waals surface area contributed by atoms with Crippen LogP contribution in [0.3, 0.4) is 0 Å². The zero-order valence-corrected chi connectivity index (χ0v) is 10.1. The van der Waals surface area contributed by atoms with Crippen LogP contribution in [-0.2, 0) is 0 Å². The molecule has 5 heteroatoms. The van der Waals surface area contributed by atoms with Crippen LogP contribution in [0.15, 0.2) is 66.5 Å². The van der Waals surface area contributed by atoms with Gasteiger partial charge in [0.15, 0.2) is 5.75 Å². The summed E-state index contributed by atoms with van der Waals surface area (Å²) in [5, 5.41) is 19.0. The molecule has 2 aromatic carbocycles. The molecule has 0 atom stereocenters. The fraction of sp³-hybridized carbons (Fsp3) is 0. The third-order valence-corrected chi connectivity index (χ3v) is 2.95. The number of para-hydroxylation sites is 3. The Morgan fingerprint density at radius 3 is 2.32 bits per heavy atom. The molecule has 1 aliphatic heterocycles. The summed E-state index contributed by atoms with van der Waals surface area (Å²) in [6.07, 6.45) is 1.36. The number of hydrogen-bond acceptors (Lipinski definition) is 4. The minimum atomic E-state index is -1.60. The van der Waals surface area contributed by atoms with Gasteiger partial charge in [-0.15, -0.1) is 0 Å². The van der Waals surface area contributed by atoms with Crippen molar-refractivity contribution in [2.45, 2.75) is 0 Å². The van der Waals surface area contributed by atoms with Crippen molar-refractivity contribution in [3.8, 4) is 5.75 Å². The molecule has 94 valence electrons. The van der Waals surface area contributed by atoms with Gasteiger partial charge in [0, 0.05) is 5.69 Å². The fourth-order valence-electron chi connectivity index (χ4n) is 2.10. The van der Waals surface area contributed by atoms with Crippen LogP contribution in [0, 0.1) is 0 Å². The number of ether oxygens (including phenoxy) is 1. The Bertz CT molecular complexity index is 613. The first-order valence-corrected chi connectivity index (χ1v) is 5.94. The van der Waals surface area contributed by atoms with Crippen LogP contribution in [0.5, 0.6) is 5.75 Å². The van der Waals surface area contributed by atoms with E-state index in [0.29, 0.717) is 5.75 Å². The van der Waals surface area contributed by atoms with Crippen molar-refractivity contribution in [2.24, 2.45) is 0 Å². The number of nitrogens with zero attached hydrogens (tertiary/aromatic N) is 1. The van der Waals surface area contributed by atoms with E-state index in [4.69, 9.17) is 4.74 Å². The van der Waals surface area contributed by atoms with Gasteiger partial charge in [-0.2, -0.15) is 0 Å². The van der Waals surface area contributed by atoms with Crippen molar-refractivity contribution in [3.63, 3.8) is 0 Å². The van der Waals surface area contributed by atoms with Gasteiger partial charge in [-0.3, -0.25) is 0 Å². The molecule has 0 radical (unpaired) electrons. The Morgan fingerprint density at radius 1 is 0.895 bits per heavy atom. The summed E-state index contributed by atoms with van der Waals surface area (Å²) in [5.41, 5.74) is 1.90. The van der Waals surface area contributed by atoms with Crippen LogP contribution < -0.4 is 9.64 Å². The molecule has 2 N–H and O–H groups in total. The van der Waals surface area contributed by atoms with E-state index in [-0.39, 0.29) is 5.60 Å². The molecule has 0 spiro atoms. The van der Waals surface area contributed by atoms with E-state index < -0.39 is 7.12 Å². The summed E-state index contributed by atoms with van der Waals surface area (Å²) in [6, 6.07) is 17.0. The highest BCUT2D eigenvalue weighted by Gasteiger charge is 2.29. The summed E-state index contributed by atoms with van der Waals surface area (Å²) >= 11 is 0. The number of fused-ring (bicyclic) bond motifs is 1. The van der Waals surface area contributed by atoms with E-state index in [2.05, 4.69) is 0 Å². The Labute approximate surface area is 111 Å². The van der Waals surface area contributed by atoms with Gasteiger partial charge in [-0.25, -0.2) is 0 Å². The molecule has 2 aromatic rings. The molecule has 1 aliphatic rings. The highest BCUT2D eigenvalue weighted by atomic mass is 16.5. The predicted molar refractivity (Wildman–Crippen MR) is 73.9 cm³/mol. The lowest BCUT2D eigenvalue weighted by Crippen LogP contribution is -2.32. The molecule has 0 unspecified atom stereocenters. The molecule has 0 aromatic heterocycles. The average molecular weight is 253 g/mol. The zero-order chi connectivity index (χ0) is 13.2. The molecule has 0 fully saturated rings. The molecule has 0 saturated carbocycles. The van der Waals surface area contributed by atoms with Gasteiger partial charge in [-0.1, -0.05) is 30.3 Å². The lowest BCUT2D eigenvalue weighted by molar-refractivity contribution is 0.407. The average Bonchev–Trinajstić information content (AvgIpc) is 2.46. The summed E-state index contributed by atoms with van der Waals surface area (Å²) in [5.74, 6) is 0.677. The minimum Gasteiger partial charge on any atom is -0.462 e. The smallest absolute Gasteiger partial charge is 0.462 e. The summed E-state index contributed by atoms with van der Waals surface area (Å²) in [7, 11) is -1.60. The second-order valence-corrected chi connectivity index (χ2v) is 4.17. The first-order valence-electron chi connectivity index (χ1n) is 5.94. The second-order valence-electron chi connectivity index (χ2n) is 4.17. The molecule has 0 aliphatic carbocycles. The zero-order valence-electron chi connectivity index (χ0n) is 10.1. The lowest BCUT2D eigenvalue weighted by Gasteiger charge is -2.31. The molecular formula is C14H12BNO3. The van der Waals surface area contributed by atoms with Crippen LogP contribution >= 0.6 is 0 Å². The quantitative estimate of drug-likeness (QED) is 0.804. The van der Waals surface area contributed by atoms with Crippen molar-refractivity contribution in [1.29, 1.82) is 0 Å². The summed E-state index contributed by atoms with van der Waals surface area (Å²) < 4.78 is 5.43. The van der Waals surface area contributed by atoms with Gasteiger partial charge in [0.25, 0.3) is 0 Å². The van der Waals surface area contributed by atoms with Crippen molar-refractivity contribution in [2.75, 3.05) is 4.90 Å². The molecule has 0 amide bonds. The van der Waals surface area contributed by atoms with Gasteiger partial charge >= 0.3 is 7.12 Å². The van der Waals surface area contributed by atoms with E-state index in [1.54, 1.807) is 4.90 Å². The first kappa shape index (κ1) is 11.8. The van der Waals surface area contributed by atoms with Crippen LogP contribution in [0.25, 0.3) is 0 Å². The van der Waals surface area contributed by atoms with Gasteiger partial charge in [0.05, 0.1) is 11.3 Å². The molecule has 4 nitrogen and oxygen atoms in total. The number of rotatable bonds is 2. The monoisotopic (exact) mass is 253 g/mol. The largest absolute Gasteiger partial charge is 0.509 e. The SMILES string of the molecule is OB(O)C1=COc2ccccc2N1c1ccccc1. The van der Waals surface area contributed by atoms with E-state index in [0.717, 1.165) is 11.4 Å². The van der Waals surface area contributed by atoms with Crippen molar-refractivity contribution >= 4 is 18.5 Å². The van der Waals surface area contributed by atoms with Crippen molar-refractivity contribution in [1.82, 2.24) is 0 Å². The predicted octanol–water partition coefficient (Wildman–Crippen LogP) is 2.07. The summed E-state index contributed by atoms with van der Waals surface area (Å²) in [6.45, 7) is 0. The van der Waals surface area contributed by atoms with Gasteiger partial charge in [0.2, 0.25) is 0 Å². The molecule has 0 saturated heterocycles. The molecule has 0 bridgehead atoms. The van der Waals surface area contributed by atoms with E-state index >= 15 is 0 Å². The third kappa shape index (κ3) is 2.09. The first-order chi connectivity index (χ1) is 9.27.